The number of fused-ring (bicyclic) bond motifs is 1. The summed E-state index contributed by atoms with van der Waals surface area (Å²) in [5.74, 6) is 0.492. The van der Waals surface area contributed by atoms with Crippen molar-refractivity contribution in [2.45, 2.75) is 38.5 Å². The first kappa shape index (κ1) is 13.5. The van der Waals surface area contributed by atoms with Crippen molar-refractivity contribution >= 4 is 12.2 Å². The Hall–Kier alpha value is -1.88. The summed E-state index contributed by atoms with van der Waals surface area (Å²) in [5.41, 5.74) is 0.324. The zero-order valence-corrected chi connectivity index (χ0v) is 11.1. The molecule has 2 atom stereocenters. The van der Waals surface area contributed by atoms with Gasteiger partial charge in [0.05, 0.1) is 6.04 Å². The maximum Gasteiger partial charge on any atom is 0.207 e. The zero-order valence-electron chi connectivity index (χ0n) is 11.1. The largest absolute Gasteiger partial charge is 0.485 e. The third kappa shape index (κ3) is 2.33. The molecule has 2 rings (SSSR count). The van der Waals surface area contributed by atoms with E-state index in [0.29, 0.717) is 23.3 Å². The highest BCUT2D eigenvalue weighted by atomic mass is 16.5. The number of Topliss-reactive ketones (excluding diaryl/α,β-unsaturated/α-hetero) is 1. The van der Waals surface area contributed by atoms with Gasteiger partial charge in [0.25, 0.3) is 0 Å². The number of amides is 1. The van der Waals surface area contributed by atoms with Crippen molar-refractivity contribution in [2.24, 2.45) is 0 Å². The summed E-state index contributed by atoms with van der Waals surface area (Å²) in [5, 5.41) is 12.9. The first-order chi connectivity index (χ1) is 8.86. The molecule has 0 aliphatic carbocycles. The quantitative estimate of drug-likeness (QED) is 0.635. The van der Waals surface area contributed by atoms with Crippen molar-refractivity contribution in [3.63, 3.8) is 0 Å². The Morgan fingerprint density at radius 2 is 2.16 bits per heavy atom. The number of aliphatic hydroxyl groups is 1. The van der Waals surface area contributed by atoms with Crippen LogP contribution >= 0.6 is 0 Å². The van der Waals surface area contributed by atoms with Crippen molar-refractivity contribution in [3.05, 3.63) is 29.3 Å². The first-order valence-corrected chi connectivity index (χ1v) is 6.08. The molecule has 0 saturated carbocycles. The molecule has 0 aromatic heterocycles. The van der Waals surface area contributed by atoms with Crippen molar-refractivity contribution < 1.29 is 19.4 Å². The Labute approximate surface area is 111 Å². The van der Waals surface area contributed by atoms with Gasteiger partial charge in [0.1, 0.15) is 17.5 Å². The minimum Gasteiger partial charge on any atom is -0.485 e. The van der Waals surface area contributed by atoms with Gasteiger partial charge in [0.15, 0.2) is 5.78 Å². The SMILES string of the molecule is CC(=O)c1ccc2c(c1)C(NC=O)C(O)C(C)(C)O2. The number of nitrogens with one attached hydrogen (secondary N) is 1. The lowest BCUT2D eigenvalue weighted by molar-refractivity contribution is -0.114. The van der Waals surface area contributed by atoms with Crippen LogP contribution in [-0.4, -0.2) is 29.0 Å². The zero-order chi connectivity index (χ0) is 14.2. The fourth-order valence-electron chi connectivity index (χ4n) is 2.27. The molecular weight excluding hydrogens is 246 g/mol. The van der Waals surface area contributed by atoms with Gasteiger partial charge >= 0.3 is 0 Å². The molecule has 19 heavy (non-hydrogen) atoms. The van der Waals surface area contributed by atoms with E-state index >= 15 is 0 Å². The molecule has 0 radical (unpaired) electrons. The summed E-state index contributed by atoms with van der Waals surface area (Å²) in [6.45, 7) is 4.96. The third-order valence-corrected chi connectivity index (χ3v) is 3.40. The fourth-order valence-corrected chi connectivity index (χ4v) is 2.27. The van der Waals surface area contributed by atoms with E-state index in [1.54, 1.807) is 32.0 Å². The monoisotopic (exact) mass is 263 g/mol. The number of rotatable bonds is 3. The molecule has 1 heterocycles. The molecule has 5 heteroatoms. The van der Waals surface area contributed by atoms with Crippen LogP contribution in [0.1, 0.15) is 42.7 Å². The molecule has 2 N–H and O–H groups in total. The number of ether oxygens (including phenoxy) is 1. The Morgan fingerprint density at radius 3 is 2.74 bits per heavy atom. The third-order valence-electron chi connectivity index (χ3n) is 3.40. The van der Waals surface area contributed by atoms with E-state index in [-0.39, 0.29) is 5.78 Å². The van der Waals surface area contributed by atoms with Gasteiger partial charge in [-0.1, -0.05) is 0 Å². The van der Waals surface area contributed by atoms with Crippen LogP contribution in [0.5, 0.6) is 5.75 Å². The average Bonchev–Trinajstić information content (AvgIpc) is 2.34. The standard InChI is InChI=1S/C14H17NO4/c1-8(17)9-4-5-11-10(6-9)12(15-7-16)13(18)14(2,3)19-11/h4-7,12-13,18H,1-3H3,(H,15,16). The lowest BCUT2D eigenvalue weighted by Crippen LogP contribution is -2.52. The number of carbonyl (C=O) groups is 2. The van der Waals surface area contributed by atoms with E-state index in [0.717, 1.165) is 0 Å². The molecule has 1 aliphatic rings. The van der Waals surface area contributed by atoms with Crippen LogP contribution in [0, 0.1) is 0 Å². The molecule has 0 fully saturated rings. The minimum atomic E-state index is -0.896. The van der Waals surface area contributed by atoms with E-state index in [1.807, 2.05) is 0 Å². The molecule has 0 bridgehead atoms. The van der Waals surface area contributed by atoms with E-state index in [9.17, 15) is 14.7 Å². The normalized spacial score (nSPS) is 24.0. The number of aliphatic hydroxyl groups excluding tert-OH is 1. The van der Waals surface area contributed by atoms with E-state index < -0.39 is 17.7 Å². The predicted octanol–water partition coefficient (Wildman–Crippen LogP) is 1.21. The lowest BCUT2D eigenvalue weighted by Gasteiger charge is -2.41. The molecule has 1 amide bonds. The maximum atomic E-state index is 11.4. The van der Waals surface area contributed by atoms with Gasteiger partial charge in [-0.25, -0.2) is 0 Å². The highest BCUT2D eigenvalue weighted by molar-refractivity contribution is 5.94. The highest BCUT2D eigenvalue weighted by Gasteiger charge is 2.42. The van der Waals surface area contributed by atoms with Crippen LogP contribution in [0.2, 0.25) is 0 Å². The van der Waals surface area contributed by atoms with Crippen LogP contribution in [0.15, 0.2) is 18.2 Å². The number of hydrogen-bond donors (Lipinski definition) is 2. The molecule has 0 spiro atoms. The number of carbonyl (C=O) groups excluding carboxylic acids is 2. The second-order valence-corrected chi connectivity index (χ2v) is 5.22. The van der Waals surface area contributed by atoms with E-state index in [1.165, 1.54) is 6.92 Å². The summed E-state index contributed by atoms with van der Waals surface area (Å²) in [4.78, 5) is 22.1. The van der Waals surface area contributed by atoms with E-state index in [4.69, 9.17) is 4.74 Å². The molecular formula is C14H17NO4. The summed E-state index contributed by atoms with van der Waals surface area (Å²) < 4.78 is 5.73. The van der Waals surface area contributed by atoms with Gasteiger partial charge in [-0.15, -0.1) is 0 Å². The van der Waals surface area contributed by atoms with Crippen LogP contribution in [0.4, 0.5) is 0 Å². The summed E-state index contributed by atoms with van der Waals surface area (Å²) in [6, 6.07) is 4.43. The second kappa shape index (κ2) is 4.66. The number of benzene rings is 1. The van der Waals surface area contributed by atoms with Crippen molar-refractivity contribution in [1.82, 2.24) is 5.32 Å². The molecule has 0 saturated heterocycles. The predicted molar refractivity (Wildman–Crippen MR) is 69.1 cm³/mol. The van der Waals surface area contributed by atoms with Gasteiger partial charge in [-0.05, 0) is 39.0 Å². The minimum absolute atomic E-state index is 0.0769. The molecule has 1 aliphatic heterocycles. The summed E-state index contributed by atoms with van der Waals surface area (Å²) >= 11 is 0. The molecule has 5 nitrogen and oxygen atoms in total. The Balaban J connectivity index is 2.53. The number of ketones is 1. The van der Waals surface area contributed by atoms with Gasteiger partial charge in [0, 0.05) is 11.1 Å². The van der Waals surface area contributed by atoms with Crippen LogP contribution in [0.3, 0.4) is 0 Å². The maximum absolute atomic E-state index is 11.4. The lowest BCUT2D eigenvalue weighted by atomic mass is 9.86. The van der Waals surface area contributed by atoms with Crippen molar-refractivity contribution in [3.8, 4) is 5.75 Å². The smallest absolute Gasteiger partial charge is 0.207 e. The van der Waals surface area contributed by atoms with Gasteiger partial charge in [-0.2, -0.15) is 0 Å². The summed E-state index contributed by atoms with van der Waals surface area (Å²) in [6.07, 6.45) is -0.355. The van der Waals surface area contributed by atoms with Gasteiger partial charge in [-0.3, -0.25) is 9.59 Å². The highest BCUT2D eigenvalue weighted by Crippen LogP contribution is 2.40. The van der Waals surface area contributed by atoms with Crippen LogP contribution < -0.4 is 10.1 Å². The fraction of sp³-hybridized carbons (Fsp3) is 0.429. The van der Waals surface area contributed by atoms with E-state index in [2.05, 4.69) is 5.32 Å². The van der Waals surface area contributed by atoms with Gasteiger partial charge < -0.3 is 15.2 Å². The average molecular weight is 263 g/mol. The Kier molecular flexibility index (Phi) is 3.32. The van der Waals surface area contributed by atoms with Crippen LogP contribution in [0.25, 0.3) is 0 Å². The number of hydrogen-bond acceptors (Lipinski definition) is 4. The Morgan fingerprint density at radius 1 is 1.47 bits per heavy atom. The van der Waals surface area contributed by atoms with Crippen LogP contribution in [-0.2, 0) is 4.79 Å². The molecule has 1 aromatic rings. The van der Waals surface area contributed by atoms with Crippen molar-refractivity contribution in [2.75, 3.05) is 0 Å². The Bertz CT molecular complexity index is 524. The van der Waals surface area contributed by atoms with Gasteiger partial charge in [0.2, 0.25) is 6.41 Å². The van der Waals surface area contributed by atoms with Crippen molar-refractivity contribution in [1.29, 1.82) is 0 Å². The first-order valence-electron chi connectivity index (χ1n) is 6.08. The topological polar surface area (TPSA) is 75.6 Å². The second-order valence-electron chi connectivity index (χ2n) is 5.22. The summed E-state index contributed by atoms with van der Waals surface area (Å²) in [7, 11) is 0. The molecule has 1 aromatic carbocycles. The molecule has 102 valence electrons. The molecule has 2 unspecified atom stereocenters.